The molecule has 1 aromatic heterocycles. The highest BCUT2D eigenvalue weighted by atomic mass is 14.9. The van der Waals surface area contributed by atoms with Gasteiger partial charge in [0.1, 0.15) is 0 Å². The van der Waals surface area contributed by atoms with Crippen LogP contribution in [0.5, 0.6) is 0 Å². The second-order valence-electron chi connectivity index (χ2n) is 3.91. The molecule has 84 valence electrons. The molecule has 0 aliphatic heterocycles. The van der Waals surface area contributed by atoms with E-state index in [4.69, 9.17) is 5.26 Å². The minimum atomic E-state index is 0.674. The van der Waals surface area contributed by atoms with Crippen LogP contribution in [0.4, 0.5) is 5.69 Å². The average molecular weight is 223 g/mol. The summed E-state index contributed by atoms with van der Waals surface area (Å²) in [5, 5.41) is 12.0. The number of aryl methyl sites for hydroxylation is 1. The van der Waals surface area contributed by atoms with Crippen molar-refractivity contribution in [2.24, 2.45) is 0 Å². The zero-order chi connectivity index (χ0) is 12.1. The average Bonchev–Trinajstić information content (AvgIpc) is 2.37. The zero-order valence-corrected chi connectivity index (χ0v) is 9.64. The number of benzene rings is 1. The Balaban J connectivity index is 2.00. The number of nitriles is 1. The van der Waals surface area contributed by atoms with Crippen LogP contribution < -0.4 is 5.32 Å². The van der Waals surface area contributed by atoms with E-state index < -0.39 is 0 Å². The number of pyridine rings is 1. The lowest BCUT2D eigenvalue weighted by atomic mass is 10.2. The Morgan fingerprint density at radius 1 is 1.24 bits per heavy atom. The van der Waals surface area contributed by atoms with Crippen LogP contribution in [-0.4, -0.2) is 4.98 Å². The Morgan fingerprint density at radius 3 is 2.65 bits per heavy atom. The molecule has 1 aromatic carbocycles. The van der Waals surface area contributed by atoms with Gasteiger partial charge in [-0.1, -0.05) is 6.07 Å². The van der Waals surface area contributed by atoms with Crippen molar-refractivity contribution in [2.75, 3.05) is 5.32 Å². The van der Waals surface area contributed by atoms with E-state index in [9.17, 15) is 0 Å². The van der Waals surface area contributed by atoms with Gasteiger partial charge in [0.05, 0.1) is 11.6 Å². The Morgan fingerprint density at radius 2 is 2.00 bits per heavy atom. The van der Waals surface area contributed by atoms with Gasteiger partial charge in [-0.15, -0.1) is 0 Å². The third kappa shape index (κ3) is 3.05. The number of anilines is 1. The Bertz CT molecular complexity index is 538. The molecule has 0 unspecified atom stereocenters. The van der Waals surface area contributed by atoms with Crippen molar-refractivity contribution < 1.29 is 0 Å². The molecule has 0 amide bonds. The first-order valence-corrected chi connectivity index (χ1v) is 5.42. The minimum absolute atomic E-state index is 0.674. The van der Waals surface area contributed by atoms with Crippen LogP contribution in [0.15, 0.2) is 42.7 Å². The van der Waals surface area contributed by atoms with Gasteiger partial charge in [0.2, 0.25) is 0 Å². The van der Waals surface area contributed by atoms with Gasteiger partial charge in [0.25, 0.3) is 0 Å². The predicted octanol–water partition coefficient (Wildman–Crippen LogP) is 2.87. The molecular weight excluding hydrogens is 210 g/mol. The Hall–Kier alpha value is -2.34. The van der Waals surface area contributed by atoms with Gasteiger partial charge in [-0.25, -0.2) is 0 Å². The van der Waals surface area contributed by atoms with Crippen molar-refractivity contribution in [3.05, 3.63) is 59.4 Å². The molecule has 0 radical (unpaired) electrons. The van der Waals surface area contributed by atoms with Gasteiger partial charge < -0.3 is 5.32 Å². The van der Waals surface area contributed by atoms with Gasteiger partial charge in [-0.3, -0.25) is 4.98 Å². The minimum Gasteiger partial charge on any atom is -0.381 e. The summed E-state index contributed by atoms with van der Waals surface area (Å²) in [7, 11) is 0. The van der Waals surface area contributed by atoms with E-state index in [1.807, 2.05) is 31.5 Å². The third-order valence-corrected chi connectivity index (χ3v) is 2.44. The normalized spacial score (nSPS) is 9.65. The highest BCUT2D eigenvalue weighted by molar-refractivity contribution is 5.47. The maximum Gasteiger partial charge on any atom is 0.0991 e. The van der Waals surface area contributed by atoms with Crippen molar-refractivity contribution in [3.63, 3.8) is 0 Å². The molecule has 0 fully saturated rings. The first kappa shape index (κ1) is 11.2. The summed E-state index contributed by atoms with van der Waals surface area (Å²) in [4.78, 5) is 4.14. The van der Waals surface area contributed by atoms with E-state index in [0.29, 0.717) is 5.56 Å². The van der Waals surface area contributed by atoms with Crippen LogP contribution >= 0.6 is 0 Å². The number of nitrogens with one attached hydrogen (secondary N) is 1. The smallest absolute Gasteiger partial charge is 0.0991 e. The molecule has 0 aliphatic carbocycles. The summed E-state index contributed by atoms with van der Waals surface area (Å²) in [5.74, 6) is 0. The van der Waals surface area contributed by atoms with Crippen molar-refractivity contribution in [1.82, 2.24) is 4.98 Å². The van der Waals surface area contributed by atoms with Crippen LogP contribution in [-0.2, 0) is 6.54 Å². The molecular formula is C14H13N3. The fourth-order valence-electron chi connectivity index (χ4n) is 1.58. The van der Waals surface area contributed by atoms with Crippen LogP contribution in [0.2, 0.25) is 0 Å². The van der Waals surface area contributed by atoms with Crippen molar-refractivity contribution in [1.29, 1.82) is 5.26 Å². The van der Waals surface area contributed by atoms with Gasteiger partial charge in [-0.05, 0) is 42.3 Å². The molecule has 0 saturated heterocycles. The summed E-state index contributed by atoms with van der Waals surface area (Å²) in [6.07, 6.45) is 3.69. The fraction of sp³-hybridized carbons (Fsp3) is 0.143. The highest BCUT2D eigenvalue weighted by Crippen LogP contribution is 2.10. The molecule has 17 heavy (non-hydrogen) atoms. The van der Waals surface area contributed by atoms with E-state index >= 15 is 0 Å². The molecule has 2 aromatic rings. The second-order valence-corrected chi connectivity index (χ2v) is 3.91. The topological polar surface area (TPSA) is 48.7 Å². The standard InChI is InChI=1S/C14H13N3/c1-11-6-13(9-16-8-11)10-17-14-4-2-12(7-15)3-5-14/h2-6,8-9,17H,10H2,1H3. The monoisotopic (exact) mass is 223 g/mol. The largest absolute Gasteiger partial charge is 0.381 e. The van der Waals surface area contributed by atoms with Crippen molar-refractivity contribution >= 4 is 5.69 Å². The second kappa shape index (κ2) is 5.13. The summed E-state index contributed by atoms with van der Waals surface area (Å²) in [5.41, 5.74) is 3.98. The van der Waals surface area contributed by atoms with E-state index in [-0.39, 0.29) is 0 Å². The third-order valence-electron chi connectivity index (χ3n) is 2.44. The first-order valence-electron chi connectivity index (χ1n) is 5.42. The van der Waals surface area contributed by atoms with E-state index in [0.717, 1.165) is 23.4 Å². The van der Waals surface area contributed by atoms with Gasteiger partial charge in [-0.2, -0.15) is 5.26 Å². The van der Waals surface area contributed by atoms with Crippen molar-refractivity contribution in [3.8, 4) is 6.07 Å². The number of hydrogen-bond donors (Lipinski definition) is 1. The van der Waals surface area contributed by atoms with Crippen molar-refractivity contribution in [2.45, 2.75) is 13.5 Å². The maximum atomic E-state index is 8.69. The number of hydrogen-bond acceptors (Lipinski definition) is 3. The molecule has 3 heteroatoms. The van der Waals surface area contributed by atoms with Crippen LogP contribution in [0.3, 0.4) is 0 Å². The summed E-state index contributed by atoms with van der Waals surface area (Å²) >= 11 is 0. The molecule has 3 nitrogen and oxygen atoms in total. The molecule has 1 heterocycles. The first-order chi connectivity index (χ1) is 8.28. The quantitative estimate of drug-likeness (QED) is 0.870. The summed E-state index contributed by atoms with van der Waals surface area (Å²) in [6, 6.07) is 11.6. The lowest BCUT2D eigenvalue weighted by molar-refractivity contribution is 1.10. The van der Waals surface area contributed by atoms with E-state index in [1.54, 1.807) is 12.1 Å². The van der Waals surface area contributed by atoms with Crippen LogP contribution in [0.25, 0.3) is 0 Å². The molecule has 0 bridgehead atoms. The van der Waals surface area contributed by atoms with Crippen LogP contribution in [0, 0.1) is 18.3 Å². The molecule has 0 aliphatic rings. The SMILES string of the molecule is Cc1cncc(CNc2ccc(C#N)cc2)c1. The Labute approximate surface area is 101 Å². The summed E-state index contributed by atoms with van der Waals surface area (Å²) in [6.45, 7) is 2.76. The van der Waals surface area contributed by atoms with Gasteiger partial charge in [0.15, 0.2) is 0 Å². The molecule has 0 atom stereocenters. The predicted molar refractivity (Wildman–Crippen MR) is 67.5 cm³/mol. The molecule has 0 saturated carbocycles. The van der Waals surface area contributed by atoms with Crippen LogP contribution in [0.1, 0.15) is 16.7 Å². The lowest BCUT2D eigenvalue weighted by Crippen LogP contribution is -2.00. The van der Waals surface area contributed by atoms with Gasteiger partial charge >= 0.3 is 0 Å². The lowest BCUT2D eigenvalue weighted by Gasteiger charge is -2.06. The molecule has 2 rings (SSSR count). The molecule has 0 spiro atoms. The number of aromatic nitrogens is 1. The maximum absolute atomic E-state index is 8.69. The number of nitrogens with zero attached hydrogens (tertiary/aromatic N) is 2. The zero-order valence-electron chi connectivity index (χ0n) is 9.64. The van der Waals surface area contributed by atoms with E-state index in [1.165, 1.54) is 0 Å². The highest BCUT2D eigenvalue weighted by Gasteiger charge is 1.96. The fourth-order valence-corrected chi connectivity index (χ4v) is 1.58. The van der Waals surface area contributed by atoms with Gasteiger partial charge in [0, 0.05) is 24.6 Å². The summed E-state index contributed by atoms with van der Waals surface area (Å²) < 4.78 is 0. The number of rotatable bonds is 3. The Kier molecular flexibility index (Phi) is 3.37. The van der Waals surface area contributed by atoms with E-state index in [2.05, 4.69) is 22.4 Å². The molecule has 1 N–H and O–H groups in total.